The predicted octanol–water partition coefficient (Wildman–Crippen LogP) is 4.53. The summed E-state index contributed by atoms with van der Waals surface area (Å²) >= 11 is 3.48. The second-order valence-corrected chi connectivity index (χ2v) is 7.40. The molecule has 0 fully saturated rings. The normalized spacial score (nSPS) is 13.3. The van der Waals surface area contributed by atoms with Crippen LogP contribution in [0.2, 0.25) is 0 Å². The molecule has 1 heterocycles. The number of aryl methyl sites for hydroxylation is 1. The van der Waals surface area contributed by atoms with Crippen molar-refractivity contribution in [3.8, 4) is 5.75 Å². The molecule has 1 aromatic heterocycles. The Balaban J connectivity index is 2.18. The lowest BCUT2D eigenvalue weighted by atomic mass is 10.0. The number of aromatic nitrogens is 1. The lowest BCUT2D eigenvalue weighted by molar-refractivity contribution is 0.0940. The summed E-state index contributed by atoms with van der Waals surface area (Å²) < 4.78 is 6.12. The van der Waals surface area contributed by atoms with Crippen LogP contribution < -0.4 is 10.1 Å². The average Bonchev–Trinajstić information content (AvgIpc) is 2.88. The molecule has 0 radical (unpaired) electrons. The van der Waals surface area contributed by atoms with E-state index in [0.29, 0.717) is 16.8 Å². The van der Waals surface area contributed by atoms with E-state index in [9.17, 15) is 9.59 Å². The summed E-state index contributed by atoms with van der Waals surface area (Å²) in [6.45, 7) is 8.98. The standard InChI is InChI=1S/C20H25BrN2O3/c1-10-18(14(5)24)12(3)23-19(10)20(25)13(4)22-11(2)15-7-8-17(26-6)16(21)9-15/h7-9,11,13,22-23H,1-6H3/t11-,13+/m0/s1. The molecule has 0 aliphatic rings. The number of ether oxygens (including phenoxy) is 1. The van der Waals surface area contributed by atoms with Gasteiger partial charge in [0.2, 0.25) is 0 Å². The Morgan fingerprint density at radius 3 is 2.38 bits per heavy atom. The van der Waals surface area contributed by atoms with Crippen molar-refractivity contribution < 1.29 is 14.3 Å². The molecule has 2 rings (SSSR count). The van der Waals surface area contributed by atoms with Crippen molar-refractivity contribution in [1.29, 1.82) is 0 Å². The van der Waals surface area contributed by atoms with E-state index in [0.717, 1.165) is 21.5 Å². The fourth-order valence-electron chi connectivity index (χ4n) is 3.24. The molecule has 0 saturated heterocycles. The maximum absolute atomic E-state index is 12.9. The molecule has 0 aliphatic carbocycles. The van der Waals surface area contributed by atoms with Gasteiger partial charge in [-0.05, 0) is 73.8 Å². The highest BCUT2D eigenvalue weighted by molar-refractivity contribution is 9.10. The molecule has 2 atom stereocenters. The Hall–Kier alpha value is -1.92. The third-order valence-electron chi connectivity index (χ3n) is 4.61. The van der Waals surface area contributed by atoms with Gasteiger partial charge in [-0.2, -0.15) is 0 Å². The first kappa shape index (κ1) is 20.4. The summed E-state index contributed by atoms with van der Waals surface area (Å²) in [4.78, 5) is 27.7. The van der Waals surface area contributed by atoms with Crippen LogP contribution in [-0.2, 0) is 0 Å². The molecular weight excluding hydrogens is 396 g/mol. The molecule has 0 spiro atoms. The summed E-state index contributed by atoms with van der Waals surface area (Å²) in [5.74, 6) is 0.671. The molecule has 0 aliphatic heterocycles. The Kier molecular flexibility index (Phi) is 6.42. The molecule has 2 aromatic rings. The van der Waals surface area contributed by atoms with Crippen LogP contribution in [0.15, 0.2) is 22.7 Å². The van der Waals surface area contributed by atoms with E-state index >= 15 is 0 Å². The highest BCUT2D eigenvalue weighted by Crippen LogP contribution is 2.28. The van der Waals surface area contributed by atoms with Crippen molar-refractivity contribution in [2.24, 2.45) is 0 Å². The van der Waals surface area contributed by atoms with Crippen LogP contribution in [0, 0.1) is 13.8 Å². The predicted molar refractivity (Wildman–Crippen MR) is 106 cm³/mol. The minimum atomic E-state index is -0.401. The van der Waals surface area contributed by atoms with Gasteiger partial charge in [0.25, 0.3) is 0 Å². The lowest BCUT2D eigenvalue weighted by Gasteiger charge is -2.20. The third kappa shape index (κ3) is 4.07. The molecule has 2 N–H and O–H groups in total. The highest BCUT2D eigenvalue weighted by Gasteiger charge is 2.24. The number of carbonyl (C=O) groups excluding carboxylic acids is 2. The second kappa shape index (κ2) is 8.18. The molecule has 1 aromatic carbocycles. The van der Waals surface area contributed by atoms with Gasteiger partial charge >= 0.3 is 0 Å². The Labute approximate surface area is 162 Å². The van der Waals surface area contributed by atoms with E-state index in [1.807, 2.05) is 45.9 Å². The number of methoxy groups -OCH3 is 1. The fraction of sp³-hybridized carbons (Fsp3) is 0.400. The SMILES string of the molecule is COc1ccc([C@H](C)N[C@H](C)C(=O)c2[nH]c(C)c(C(C)=O)c2C)cc1Br. The zero-order valence-electron chi connectivity index (χ0n) is 16.0. The molecular formula is C20H25BrN2O3. The number of carbonyl (C=O) groups is 2. The van der Waals surface area contributed by atoms with Crippen LogP contribution in [0.4, 0.5) is 0 Å². The molecule has 0 bridgehead atoms. The number of H-pyrrole nitrogens is 1. The van der Waals surface area contributed by atoms with Gasteiger partial charge < -0.3 is 15.0 Å². The van der Waals surface area contributed by atoms with Gasteiger partial charge in [-0.1, -0.05) is 6.07 Å². The number of halogens is 1. The summed E-state index contributed by atoms with van der Waals surface area (Å²) in [5, 5.41) is 3.33. The second-order valence-electron chi connectivity index (χ2n) is 6.55. The van der Waals surface area contributed by atoms with Crippen molar-refractivity contribution in [3.63, 3.8) is 0 Å². The van der Waals surface area contributed by atoms with Crippen LogP contribution in [0.3, 0.4) is 0 Å². The summed E-state index contributed by atoms with van der Waals surface area (Å²) in [6.07, 6.45) is 0. The van der Waals surface area contributed by atoms with Gasteiger partial charge in [0.15, 0.2) is 11.6 Å². The Morgan fingerprint density at radius 2 is 1.88 bits per heavy atom. The van der Waals surface area contributed by atoms with Crippen molar-refractivity contribution in [1.82, 2.24) is 10.3 Å². The van der Waals surface area contributed by atoms with E-state index in [1.165, 1.54) is 6.92 Å². The number of Topliss-reactive ketones (excluding diaryl/α,β-unsaturated/α-hetero) is 2. The van der Waals surface area contributed by atoms with Gasteiger partial charge in [0.1, 0.15) is 5.75 Å². The minimum Gasteiger partial charge on any atom is -0.496 e. The van der Waals surface area contributed by atoms with Crippen LogP contribution in [-0.4, -0.2) is 29.7 Å². The number of benzene rings is 1. The van der Waals surface area contributed by atoms with Gasteiger partial charge in [-0.25, -0.2) is 0 Å². The van der Waals surface area contributed by atoms with E-state index in [2.05, 4.69) is 26.2 Å². The van der Waals surface area contributed by atoms with E-state index in [-0.39, 0.29) is 17.6 Å². The molecule has 0 saturated carbocycles. The maximum Gasteiger partial charge on any atom is 0.195 e. The van der Waals surface area contributed by atoms with Gasteiger partial charge in [-0.3, -0.25) is 9.59 Å². The molecule has 140 valence electrons. The Bertz CT molecular complexity index is 842. The first-order valence-electron chi connectivity index (χ1n) is 8.51. The van der Waals surface area contributed by atoms with E-state index < -0.39 is 6.04 Å². The first-order valence-corrected chi connectivity index (χ1v) is 9.30. The monoisotopic (exact) mass is 420 g/mol. The quantitative estimate of drug-likeness (QED) is 0.645. The minimum absolute atomic E-state index is 0.0280. The number of aromatic amines is 1. The largest absolute Gasteiger partial charge is 0.496 e. The summed E-state index contributed by atoms with van der Waals surface area (Å²) in [7, 11) is 1.62. The van der Waals surface area contributed by atoms with Crippen molar-refractivity contribution >= 4 is 27.5 Å². The van der Waals surface area contributed by atoms with E-state index in [4.69, 9.17) is 4.74 Å². The topological polar surface area (TPSA) is 71.2 Å². The van der Waals surface area contributed by atoms with Gasteiger partial charge in [0, 0.05) is 17.3 Å². The Morgan fingerprint density at radius 1 is 1.23 bits per heavy atom. The highest BCUT2D eigenvalue weighted by atomic mass is 79.9. The van der Waals surface area contributed by atoms with E-state index in [1.54, 1.807) is 7.11 Å². The maximum atomic E-state index is 12.9. The fourth-order valence-corrected chi connectivity index (χ4v) is 3.80. The van der Waals surface area contributed by atoms with Gasteiger partial charge in [0.05, 0.1) is 23.3 Å². The lowest BCUT2D eigenvalue weighted by Crippen LogP contribution is -2.36. The first-order chi connectivity index (χ1) is 12.2. The molecule has 6 heteroatoms. The number of nitrogens with one attached hydrogen (secondary N) is 2. The molecule has 5 nitrogen and oxygen atoms in total. The van der Waals surface area contributed by atoms with Crippen molar-refractivity contribution in [2.45, 2.75) is 46.7 Å². The summed E-state index contributed by atoms with van der Waals surface area (Å²) in [5.41, 5.74) is 3.59. The van der Waals surface area contributed by atoms with Crippen LogP contribution in [0.25, 0.3) is 0 Å². The smallest absolute Gasteiger partial charge is 0.195 e. The third-order valence-corrected chi connectivity index (χ3v) is 5.22. The molecule has 26 heavy (non-hydrogen) atoms. The van der Waals surface area contributed by atoms with Gasteiger partial charge in [-0.15, -0.1) is 0 Å². The number of ketones is 2. The molecule has 0 unspecified atom stereocenters. The molecule has 0 amide bonds. The van der Waals surface area contributed by atoms with Crippen LogP contribution >= 0.6 is 15.9 Å². The van der Waals surface area contributed by atoms with Crippen LogP contribution in [0.5, 0.6) is 5.75 Å². The number of hydrogen-bond donors (Lipinski definition) is 2. The zero-order chi connectivity index (χ0) is 19.6. The van der Waals surface area contributed by atoms with Crippen molar-refractivity contribution in [2.75, 3.05) is 7.11 Å². The number of rotatable bonds is 7. The van der Waals surface area contributed by atoms with Crippen molar-refractivity contribution in [3.05, 3.63) is 50.8 Å². The zero-order valence-corrected chi connectivity index (χ0v) is 17.6. The average molecular weight is 421 g/mol. The number of hydrogen-bond acceptors (Lipinski definition) is 4. The summed E-state index contributed by atoms with van der Waals surface area (Å²) in [6, 6.07) is 5.41. The van der Waals surface area contributed by atoms with Crippen LogP contribution in [0.1, 0.15) is 64.5 Å².